The largest absolute Gasteiger partial charge is 0.491 e. The SMILES string of the molecule is CCc1ccc(OC[C@@H](O)CN2CCN(C[C@H](O)COc3ccc(CC)cc3)CC2)cc1. The Hall–Kier alpha value is -2.12. The third-order valence-electron chi connectivity index (χ3n) is 5.95. The number of hydrogen-bond donors (Lipinski definition) is 2. The first-order chi connectivity index (χ1) is 15.6. The predicted molar refractivity (Wildman–Crippen MR) is 128 cm³/mol. The lowest BCUT2D eigenvalue weighted by Gasteiger charge is -2.36. The second-order valence-electron chi connectivity index (χ2n) is 8.53. The minimum atomic E-state index is -0.523. The molecule has 2 aromatic rings. The van der Waals surface area contributed by atoms with E-state index in [1.165, 1.54) is 11.1 Å². The van der Waals surface area contributed by atoms with Crippen molar-refractivity contribution in [1.29, 1.82) is 0 Å². The third kappa shape index (κ3) is 8.10. The van der Waals surface area contributed by atoms with E-state index in [2.05, 4.69) is 47.9 Å². The molecule has 1 aliphatic heterocycles. The fourth-order valence-electron chi connectivity index (χ4n) is 3.88. The van der Waals surface area contributed by atoms with Gasteiger partial charge in [0.25, 0.3) is 0 Å². The van der Waals surface area contributed by atoms with Gasteiger partial charge in [-0.3, -0.25) is 9.80 Å². The maximum atomic E-state index is 10.3. The fourth-order valence-corrected chi connectivity index (χ4v) is 3.88. The molecular formula is C26H38N2O4. The van der Waals surface area contributed by atoms with Crippen molar-refractivity contribution in [3.63, 3.8) is 0 Å². The van der Waals surface area contributed by atoms with Crippen molar-refractivity contribution in [2.45, 2.75) is 38.9 Å². The van der Waals surface area contributed by atoms with Crippen molar-refractivity contribution in [3.05, 3.63) is 59.7 Å². The maximum Gasteiger partial charge on any atom is 0.119 e. The second-order valence-corrected chi connectivity index (χ2v) is 8.53. The lowest BCUT2D eigenvalue weighted by atomic mass is 10.2. The van der Waals surface area contributed by atoms with E-state index >= 15 is 0 Å². The summed E-state index contributed by atoms with van der Waals surface area (Å²) in [5.41, 5.74) is 2.55. The Morgan fingerprint density at radius 3 is 1.31 bits per heavy atom. The van der Waals surface area contributed by atoms with Gasteiger partial charge >= 0.3 is 0 Å². The van der Waals surface area contributed by atoms with Crippen LogP contribution in [0.5, 0.6) is 11.5 Å². The van der Waals surface area contributed by atoms with Crippen LogP contribution in [0.3, 0.4) is 0 Å². The molecule has 3 rings (SSSR count). The monoisotopic (exact) mass is 442 g/mol. The van der Waals surface area contributed by atoms with Crippen LogP contribution in [0.25, 0.3) is 0 Å². The van der Waals surface area contributed by atoms with Crippen LogP contribution >= 0.6 is 0 Å². The molecule has 1 fully saturated rings. The van der Waals surface area contributed by atoms with E-state index < -0.39 is 12.2 Å². The molecule has 6 heteroatoms. The van der Waals surface area contributed by atoms with Crippen molar-refractivity contribution in [2.75, 3.05) is 52.5 Å². The van der Waals surface area contributed by atoms with Gasteiger partial charge in [-0.15, -0.1) is 0 Å². The zero-order valence-corrected chi connectivity index (χ0v) is 19.4. The topological polar surface area (TPSA) is 65.4 Å². The summed E-state index contributed by atoms with van der Waals surface area (Å²) in [4.78, 5) is 4.51. The van der Waals surface area contributed by atoms with Crippen LogP contribution in [0.1, 0.15) is 25.0 Å². The van der Waals surface area contributed by atoms with Crippen LogP contribution in [-0.2, 0) is 12.8 Å². The summed E-state index contributed by atoms with van der Waals surface area (Å²) in [6.45, 7) is 9.51. The molecule has 0 aromatic heterocycles. The summed E-state index contributed by atoms with van der Waals surface area (Å²) in [6, 6.07) is 16.1. The number of rotatable bonds is 12. The van der Waals surface area contributed by atoms with E-state index in [9.17, 15) is 10.2 Å². The minimum absolute atomic E-state index is 0.293. The molecule has 2 aromatic carbocycles. The van der Waals surface area contributed by atoms with Crippen LogP contribution in [-0.4, -0.2) is 84.7 Å². The number of benzene rings is 2. The third-order valence-corrected chi connectivity index (χ3v) is 5.95. The van der Waals surface area contributed by atoms with E-state index in [1.54, 1.807) is 0 Å². The Kier molecular flexibility index (Phi) is 9.81. The number of nitrogens with zero attached hydrogens (tertiary/aromatic N) is 2. The predicted octanol–water partition coefficient (Wildman–Crippen LogP) is 2.61. The standard InChI is InChI=1S/C26H38N2O4/c1-3-21-5-9-25(10-6-21)31-19-23(29)17-27-13-15-28(16-14-27)18-24(30)20-32-26-11-7-22(4-2)8-12-26/h5-12,23-24,29-30H,3-4,13-20H2,1-2H3/t23-,24-/m0/s1. The van der Waals surface area contributed by atoms with Gasteiger partial charge in [0.15, 0.2) is 0 Å². The van der Waals surface area contributed by atoms with Gasteiger partial charge in [0, 0.05) is 39.3 Å². The molecule has 0 spiro atoms. The van der Waals surface area contributed by atoms with Crippen molar-refractivity contribution < 1.29 is 19.7 Å². The second kappa shape index (κ2) is 12.8. The average molecular weight is 443 g/mol. The number of aliphatic hydroxyl groups excluding tert-OH is 2. The first-order valence-corrected chi connectivity index (χ1v) is 11.8. The highest BCUT2D eigenvalue weighted by atomic mass is 16.5. The lowest BCUT2D eigenvalue weighted by Crippen LogP contribution is -2.51. The Morgan fingerprint density at radius 2 is 1.00 bits per heavy atom. The Morgan fingerprint density at radius 1 is 0.656 bits per heavy atom. The van der Waals surface area contributed by atoms with Crippen molar-refractivity contribution in [3.8, 4) is 11.5 Å². The highest BCUT2D eigenvalue weighted by Crippen LogP contribution is 2.14. The summed E-state index contributed by atoms with van der Waals surface area (Å²) < 4.78 is 11.4. The molecular weight excluding hydrogens is 404 g/mol. The summed E-state index contributed by atoms with van der Waals surface area (Å²) in [6.07, 6.45) is 0.966. The number of hydrogen-bond acceptors (Lipinski definition) is 6. The smallest absolute Gasteiger partial charge is 0.119 e. The van der Waals surface area contributed by atoms with E-state index in [1.807, 2.05) is 24.3 Å². The van der Waals surface area contributed by atoms with Gasteiger partial charge in [-0.05, 0) is 48.2 Å². The number of piperazine rings is 1. The van der Waals surface area contributed by atoms with E-state index in [0.29, 0.717) is 26.3 Å². The van der Waals surface area contributed by atoms with Crippen LogP contribution in [0.15, 0.2) is 48.5 Å². The molecule has 1 aliphatic rings. The van der Waals surface area contributed by atoms with Crippen LogP contribution in [0.2, 0.25) is 0 Å². The number of ether oxygens (including phenoxy) is 2. The zero-order chi connectivity index (χ0) is 22.8. The van der Waals surface area contributed by atoms with Crippen LogP contribution in [0, 0.1) is 0 Å². The molecule has 32 heavy (non-hydrogen) atoms. The van der Waals surface area contributed by atoms with Gasteiger partial charge in [0.1, 0.15) is 36.9 Å². The molecule has 1 heterocycles. The molecule has 2 N–H and O–H groups in total. The van der Waals surface area contributed by atoms with Crippen molar-refractivity contribution in [2.24, 2.45) is 0 Å². The van der Waals surface area contributed by atoms with Crippen LogP contribution in [0.4, 0.5) is 0 Å². The summed E-state index contributed by atoms with van der Waals surface area (Å²) in [5, 5.41) is 20.7. The molecule has 0 amide bonds. The minimum Gasteiger partial charge on any atom is -0.491 e. The Labute approximate surface area is 192 Å². The van der Waals surface area contributed by atoms with Crippen molar-refractivity contribution >= 4 is 0 Å². The zero-order valence-electron chi connectivity index (χ0n) is 19.4. The van der Waals surface area contributed by atoms with Gasteiger partial charge in [-0.2, -0.15) is 0 Å². The van der Waals surface area contributed by atoms with Gasteiger partial charge in [-0.1, -0.05) is 38.1 Å². The molecule has 0 aliphatic carbocycles. The summed E-state index contributed by atoms with van der Waals surface area (Å²) in [7, 11) is 0. The Bertz CT molecular complexity index is 706. The van der Waals surface area contributed by atoms with Crippen molar-refractivity contribution in [1.82, 2.24) is 9.80 Å². The molecule has 2 atom stereocenters. The van der Waals surface area contributed by atoms with Crippen LogP contribution < -0.4 is 9.47 Å². The first-order valence-electron chi connectivity index (χ1n) is 11.8. The quantitative estimate of drug-likeness (QED) is 0.527. The molecule has 0 unspecified atom stereocenters. The molecule has 176 valence electrons. The number of β-amino-alcohol motifs (C(OH)–C–C–N with tert-alkyl or cyclic N) is 2. The van der Waals surface area contributed by atoms with E-state index in [4.69, 9.17) is 9.47 Å². The molecule has 6 nitrogen and oxygen atoms in total. The molecule has 1 saturated heterocycles. The highest BCUT2D eigenvalue weighted by molar-refractivity contribution is 5.28. The van der Waals surface area contributed by atoms with Gasteiger partial charge in [0.2, 0.25) is 0 Å². The van der Waals surface area contributed by atoms with E-state index in [0.717, 1.165) is 50.5 Å². The number of aryl methyl sites for hydroxylation is 2. The number of aliphatic hydroxyl groups is 2. The maximum absolute atomic E-state index is 10.3. The summed E-state index contributed by atoms with van der Waals surface area (Å²) in [5.74, 6) is 1.59. The molecule has 0 saturated carbocycles. The summed E-state index contributed by atoms with van der Waals surface area (Å²) >= 11 is 0. The highest BCUT2D eigenvalue weighted by Gasteiger charge is 2.21. The average Bonchev–Trinajstić information content (AvgIpc) is 2.83. The van der Waals surface area contributed by atoms with Gasteiger partial charge in [0.05, 0.1) is 0 Å². The Balaban J connectivity index is 1.29. The fraction of sp³-hybridized carbons (Fsp3) is 0.538. The molecule has 0 bridgehead atoms. The normalized spacial score (nSPS) is 17.1. The lowest BCUT2D eigenvalue weighted by molar-refractivity contribution is 0.0240. The van der Waals surface area contributed by atoms with Gasteiger partial charge < -0.3 is 19.7 Å². The first kappa shape index (κ1) is 24.5. The van der Waals surface area contributed by atoms with Gasteiger partial charge in [-0.25, -0.2) is 0 Å². The van der Waals surface area contributed by atoms with E-state index in [-0.39, 0.29) is 0 Å². The molecule has 0 radical (unpaired) electrons.